The van der Waals surface area contributed by atoms with Crippen LogP contribution >= 0.6 is 11.3 Å². The van der Waals surface area contributed by atoms with Crippen LogP contribution in [-0.4, -0.2) is 40.7 Å². The molecule has 6 heteroatoms. The zero-order chi connectivity index (χ0) is 14.6. The number of thiazole rings is 1. The predicted molar refractivity (Wildman–Crippen MR) is 79.8 cm³/mol. The Hall–Kier alpha value is -1.14. The van der Waals surface area contributed by atoms with Crippen LogP contribution in [0, 0.1) is 0 Å². The first-order chi connectivity index (χ1) is 9.46. The minimum Gasteiger partial charge on any atom is -0.444 e. The molecule has 0 bridgehead atoms. The number of ether oxygens (including phenoxy) is 1. The van der Waals surface area contributed by atoms with Crippen LogP contribution in [0.15, 0.2) is 11.7 Å². The summed E-state index contributed by atoms with van der Waals surface area (Å²) in [7, 11) is 0. The van der Waals surface area contributed by atoms with E-state index in [9.17, 15) is 4.79 Å². The van der Waals surface area contributed by atoms with Crippen molar-refractivity contribution in [3.63, 3.8) is 0 Å². The van der Waals surface area contributed by atoms with E-state index in [1.165, 1.54) is 4.88 Å². The molecule has 2 heterocycles. The van der Waals surface area contributed by atoms with E-state index in [4.69, 9.17) is 4.74 Å². The first kappa shape index (κ1) is 15.3. The van der Waals surface area contributed by atoms with Crippen LogP contribution in [0.2, 0.25) is 0 Å². The number of carbonyl (C=O) groups excluding carboxylic acids is 1. The normalized spacial score (nSPS) is 19.4. The Labute approximate surface area is 124 Å². The molecule has 0 saturated carbocycles. The molecular formula is C14H23N3O2S. The smallest absolute Gasteiger partial charge is 0.410 e. The predicted octanol–water partition coefficient (Wildman–Crippen LogP) is 2.63. The number of hydrogen-bond acceptors (Lipinski definition) is 5. The average Bonchev–Trinajstić information content (AvgIpc) is 2.97. The van der Waals surface area contributed by atoms with Crippen molar-refractivity contribution in [3.8, 4) is 0 Å². The lowest BCUT2D eigenvalue weighted by atomic mass is 10.2. The van der Waals surface area contributed by atoms with E-state index >= 15 is 0 Å². The Morgan fingerprint density at radius 3 is 3.05 bits per heavy atom. The van der Waals surface area contributed by atoms with E-state index in [0.29, 0.717) is 0 Å². The maximum atomic E-state index is 12.1. The van der Waals surface area contributed by atoms with Crippen molar-refractivity contribution in [1.82, 2.24) is 15.2 Å². The summed E-state index contributed by atoms with van der Waals surface area (Å²) in [5.74, 6) is 0. The highest BCUT2D eigenvalue weighted by molar-refractivity contribution is 7.09. The molecule has 1 unspecified atom stereocenters. The SMILES string of the molecule is CC(C)(C)OC(=O)N1CCCC1CNCc1cncs1. The molecule has 1 aliphatic rings. The Balaban J connectivity index is 1.79. The molecule has 0 spiro atoms. The number of aromatic nitrogens is 1. The molecule has 1 fully saturated rings. The van der Waals surface area contributed by atoms with E-state index < -0.39 is 5.60 Å². The van der Waals surface area contributed by atoms with Gasteiger partial charge in [0, 0.05) is 36.8 Å². The average molecular weight is 297 g/mol. The van der Waals surface area contributed by atoms with Gasteiger partial charge >= 0.3 is 6.09 Å². The third-order valence-corrected chi connectivity index (χ3v) is 3.95. The van der Waals surface area contributed by atoms with Gasteiger partial charge in [0.25, 0.3) is 0 Å². The first-order valence-electron chi connectivity index (χ1n) is 7.03. The van der Waals surface area contributed by atoms with Crippen LogP contribution in [0.25, 0.3) is 0 Å². The number of carbonyl (C=O) groups is 1. The van der Waals surface area contributed by atoms with E-state index in [-0.39, 0.29) is 12.1 Å². The molecule has 1 N–H and O–H groups in total. The molecule has 1 amide bonds. The first-order valence-corrected chi connectivity index (χ1v) is 7.91. The molecule has 1 saturated heterocycles. The number of rotatable bonds is 4. The van der Waals surface area contributed by atoms with Gasteiger partial charge in [0.1, 0.15) is 5.60 Å². The summed E-state index contributed by atoms with van der Waals surface area (Å²) in [6, 6.07) is 0.234. The quantitative estimate of drug-likeness (QED) is 0.928. The number of hydrogen-bond donors (Lipinski definition) is 1. The van der Waals surface area contributed by atoms with Crippen LogP contribution in [0.4, 0.5) is 4.79 Å². The standard InChI is InChI=1S/C14H23N3O2S/c1-14(2,3)19-13(18)17-6-4-5-11(17)7-15-8-12-9-16-10-20-12/h9-11,15H,4-8H2,1-3H3. The minimum absolute atomic E-state index is 0.195. The van der Waals surface area contributed by atoms with Gasteiger partial charge in [0.15, 0.2) is 0 Å². The lowest BCUT2D eigenvalue weighted by molar-refractivity contribution is 0.0226. The van der Waals surface area contributed by atoms with Gasteiger partial charge in [-0.25, -0.2) is 4.79 Å². The van der Waals surface area contributed by atoms with Gasteiger partial charge in [-0.15, -0.1) is 11.3 Å². The summed E-state index contributed by atoms with van der Waals surface area (Å²) < 4.78 is 5.46. The van der Waals surface area contributed by atoms with Gasteiger partial charge in [-0.1, -0.05) is 0 Å². The monoisotopic (exact) mass is 297 g/mol. The van der Waals surface area contributed by atoms with Gasteiger partial charge in [-0.2, -0.15) is 0 Å². The molecule has 112 valence electrons. The summed E-state index contributed by atoms with van der Waals surface area (Å²) >= 11 is 1.64. The summed E-state index contributed by atoms with van der Waals surface area (Å²) in [5, 5.41) is 3.40. The summed E-state index contributed by atoms with van der Waals surface area (Å²) in [5.41, 5.74) is 1.40. The molecule has 1 aromatic rings. The van der Waals surface area contributed by atoms with Crippen molar-refractivity contribution in [3.05, 3.63) is 16.6 Å². The van der Waals surface area contributed by atoms with Gasteiger partial charge in [0.2, 0.25) is 0 Å². The van der Waals surface area contributed by atoms with Crippen LogP contribution in [0.3, 0.4) is 0 Å². The van der Waals surface area contributed by atoms with Crippen molar-refractivity contribution in [1.29, 1.82) is 0 Å². The fraction of sp³-hybridized carbons (Fsp3) is 0.714. The highest BCUT2D eigenvalue weighted by atomic mass is 32.1. The molecule has 20 heavy (non-hydrogen) atoms. The zero-order valence-electron chi connectivity index (χ0n) is 12.4. The molecule has 1 aromatic heterocycles. The number of amides is 1. The minimum atomic E-state index is -0.430. The maximum Gasteiger partial charge on any atom is 0.410 e. The van der Waals surface area contributed by atoms with Crippen LogP contribution in [0.5, 0.6) is 0 Å². The van der Waals surface area contributed by atoms with E-state index in [1.807, 2.05) is 37.4 Å². The van der Waals surface area contributed by atoms with Crippen LogP contribution in [-0.2, 0) is 11.3 Å². The molecule has 5 nitrogen and oxygen atoms in total. The number of likely N-dealkylation sites (tertiary alicyclic amines) is 1. The topological polar surface area (TPSA) is 54.5 Å². The number of nitrogens with zero attached hydrogens (tertiary/aromatic N) is 2. The zero-order valence-corrected chi connectivity index (χ0v) is 13.2. The maximum absolute atomic E-state index is 12.1. The Bertz CT molecular complexity index is 428. The molecule has 0 radical (unpaired) electrons. The van der Waals surface area contributed by atoms with E-state index in [2.05, 4.69) is 10.3 Å². The van der Waals surface area contributed by atoms with Gasteiger partial charge in [-0.3, -0.25) is 4.98 Å². The highest BCUT2D eigenvalue weighted by Gasteiger charge is 2.31. The third-order valence-electron chi connectivity index (χ3n) is 3.17. The van der Waals surface area contributed by atoms with E-state index in [0.717, 1.165) is 32.5 Å². The highest BCUT2D eigenvalue weighted by Crippen LogP contribution is 2.20. The molecule has 0 aromatic carbocycles. The lowest BCUT2D eigenvalue weighted by Gasteiger charge is -2.28. The Kier molecular flexibility index (Phi) is 4.99. The van der Waals surface area contributed by atoms with E-state index in [1.54, 1.807) is 11.3 Å². The Morgan fingerprint density at radius 2 is 2.40 bits per heavy atom. The summed E-state index contributed by atoms with van der Waals surface area (Å²) in [4.78, 5) is 19.2. The molecular weight excluding hydrogens is 274 g/mol. The second-order valence-electron chi connectivity index (χ2n) is 6.07. The van der Waals surface area contributed by atoms with Crippen molar-refractivity contribution < 1.29 is 9.53 Å². The summed E-state index contributed by atoms with van der Waals surface area (Å²) in [6.07, 6.45) is 3.76. The fourth-order valence-electron chi connectivity index (χ4n) is 2.30. The molecule has 0 aliphatic carbocycles. The van der Waals surface area contributed by atoms with Gasteiger partial charge in [-0.05, 0) is 33.6 Å². The van der Waals surface area contributed by atoms with Crippen LogP contribution in [0.1, 0.15) is 38.5 Å². The molecule has 1 aliphatic heterocycles. The Morgan fingerprint density at radius 1 is 1.60 bits per heavy atom. The molecule has 1 atom stereocenters. The fourth-order valence-corrected chi connectivity index (χ4v) is 2.86. The van der Waals surface area contributed by atoms with Gasteiger partial charge in [0.05, 0.1) is 5.51 Å². The van der Waals surface area contributed by atoms with Gasteiger partial charge < -0.3 is 15.0 Å². The van der Waals surface area contributed by atoms with Crippen LogP contribution < -0.4 is 5.32 Å². The van der Waals surface area contributed by atoms with Crippen molar-refractivity contribution in [2.75, 3.05) is 13.1 Å². The second-order valence-corrected chi connectivity index (χ2v) is 7.04. The summed E-state index contributed by atoms with van der Waals surface area (Å²) in [6.45, 7) is 8.11. The lowest BCUT2D eigenvalue weighted by Crippen LogP contribution is -2.43. The van der Waals surface area contributed by atoms with Crippen molar-refractivity contribution in [2.24, 2.45) is 0 Å². The second kappa shape index (κ2) is 6.54. The number of nitrogens with one attached hydrogen (secondary N) is 1. The largest absolute Gasteiger partial charge is 0.444 e. The molecule has 2 rings (SSSR count). The van der Waals surface area contributed by atoms with Crippen molar-refractivity contribution in [2.45, 2.75) is 51.8 Å². The third kappa shape index (κ3) is 4.45. The van der Waals surface area contributed by atoms with Crippen molar-refractivity contribution >= 4 is 17.4 Å².